The number of aliphatic imine (C=N–C) groups is 1. The molecule has 2 aromatic carbocycles. The summed E-state index contributed by atoms with van der Waals surface area (Å²) in [6.45, 7) is 9.06. The van der Waals surface area contributed by atoms with Crippen molar-refractivity contribution in [3.8, 4) is 11.4 Å². The second-order valence-electron chi connectivity index (χ2n) is 7.47. The topological polar surface area (TPSA) is 72.7 Å². The Morgan fingerprint density at radius 2 is 1.76 bits per heavy atom. The summed E-state index contributed by atoms with van der Waals surface area (Å²) in [6.07, 6.45) is 1.98. The number of aryl methyl sites for hydroxylation is 2. The van der Waals surface area contributed by atoms with Crippen LogP contribution < -0.4 is 15.4 Å². The molecule has 3 aromatic rings. The van der Waals surface area contributed by atoms with Gasteiger partial charge in [-0.1, -0.05) is 30.3 Å². The van der Waals surface area contributed by atoms with Crippen molar-refractivity contribution in [3.05, 3.63) is 77.1 Å². The van der Waals surface area contributed by atoms with Crippen molar-refractivity contribution in [3.63, 3.8) is 0 Å². The van der Waals surface area contributed by atoms with Crippen LogP contribution in [0.5, 0.6) is 5.75 Å². The van der Waals surface area contributed by atoms with E-state index in [4.69, 9.17) is 9.47 Å². The van der Waals surface area contributed by atoms with E-state index in [9.17, 15) is 0 Å². The van der Waals surface area contributed by atoms with Gasteiger partial charge in [0.2, 0.25) is 0 Å². The van der Waals surface area contributed by atoms with E-state index in [2.05, 4.69) is 58.0 Å². The van der Waals surface area contributed by atoms with E-state index < -0.39 is 0 Å². The summed E-state index contributed by atoms with van der Waals surface area (Å²) >= 11 is 0. The van der Waals surface area contributed by atoms with Gasteiger partial charge in [-0.15, -0.1) is 24.0 Å². The number of hydrogen-bond donors (Lipinski definition) is 2. The highest BCUT2D eigenvalue weighted by Gasteiger charge is 2.08. The van der Waals surface area contributed by atoms with Crippen molar-refractivity contribution in [2.75, 3.05) is 26.9 Å². The van der Waals surface area contributed by atoms with Crippen molar-refractivity contribution in [1.29, 1.82) is 0 Å². The molecule has 0 bridgehead atoms. The number of nitrogens with one attached hydrogen (secondary N) is 2. The highest BCUT2D eigenvalue weighted by atomic mass is 127. The summed E-state index contributed by atoms with van der Waals surface area (Å²) in [4.78, 5) is 4.37. The Morgan fingerprint density at radius 1 is 1.00 bits per heavy atom. The largest absolute Gasteiger partial charge is 0.491 e. The number of benzene rings is 2. The highest BCUT2D eigenvalue weighted by Crippen LogP contribution is 2.20. The number of ether oxygens (including phenoxy) is 2. The predicted octanol–water partition coefficient (Wildman–Crippen LogP) is 4.39. The van der Waals surface area contributed by atoms with E-state index in [-0.39, 0.29) is 24.0 Å². The second-order valence-corrected chi connectivity index (χ2v) is 7.47. The maximum atomic E-state index is 5.95. The van der Waals surface area contributed by atoms with Gasteiger partial charge in [0.1, 0.15) is 12.4 Å². The third-order valence-corrected chi connectivity index (χ3v) is 4.99. The molecule has 8 heteroatoms. The fourth-order valence-electron chi connectivity index (χ4n) is 3.31. The SMILES string of the molecule is CCOCCOc1cc(C)ccc1CNC(=NC)NCc1ccccc1-n1ccc(C)n1.I. The molecule has 33 heavy (non-hydrogen) atoms. The van der Waals surface area contributed by atoms with Crippen LogP contribution in [0.2, 0.25) is 0 Å². The second kappa shape index (κ2) is 13.8. The molecular weight excluding hydrogens is 529 g/mol. The van der Waals surface area contributed by atoms with Crippen LogP contribution in [0.1, 0.15) is 29.3 Å². The van der Waals surface area contributed by atoms with Gasteiger partial charge in [-0.2, -0.15) is 5.10 Å². The lowest BCUT2D eigenvalue weighted by Crippen LogP contribution is -2.36. The van der Waals surface area contributed by atoms with Crippen molar-refractivity contribution in [1.82, 2.24) is 20.4 Å². The van der Waals surface area contributed by atoms with Crippen molar-refractivity contribution in [2.24, 2.45) is 4.99 Å². The lowest BCUT2D eigenvalue weighted by atomic mass is 10.1. The number of aromatic nitrogens is 2. The molecule has 1 heterocycles. The number of nitrogens with zero attached hydrogens (tertiary/aromatic N) is 3. The molecule has 0 amide bonds. The Bertz CT molecular complexity index is 1040. The van der Waals surface area contributed by atoms with Crippen LogP contribution in [0.25, 0.3) is 5.69 Å². The number of halogens is 1. The molecule has 0 unspecified atom stereocenters. The zero-order chi connectivity index (χ0) is 22.8. The summed E-state index contributed by atoms with van der Waals surface area (Å²) < 4.78 is 13.2. The first-order valence-electron chi connectivity index (χ1n) is 11.0. The molecule has 0 aliphatic heterocycles. The zero-order valence-electron chi connectivity index (χ0n) is 19.8. The summed E-state index contributed by atoms with van der Waals surface area (Å²) in [6, 6.07) is 16.4. The van der Waals surface area contributed by atoms with E-state index in [1.165, 1.54) is 0 Å². The molecule has 0 spiro atoms. The van der Waals surface area contributed by atoms with E-state index >= 15 is 0 Å². The number of para-hydroxylation sites is 1. The van der Waals surface area contributed by atoms with Crippen LogP contribution in [0.15, 0.2) is 59.7 Å². The maximum Gasteiger partial charge on any atom is 0.191 e. The Kier molecular flexibility index (Phi) is 11.2. The van der Waals surface area contributed by atoms with E-state index in [0.717, 1.165) is 39.8 Å². The lowest BCUT2D eigenvalue weighted by molar-refractivity contribution is 0.110. The van der Waals surface area contributed by atoms with E-state index in [1.54, 1.807) is 7.05 Å². The van der Waals surface area contributed by atoms with Crippen LogP contribution in [0.4, 0.5) is 0 Å². The number of rotatable bonds is 10. The fraction of sp³-hybridized carbons (Fsp3) is 0.360. The molecule has 7 nitrogen and oxygen atoms in total. The first-order valence-corrected chi connectivity index (χ1v) is 11.0. The third kappa shape index (κ3) is 8.04. The normalized spacial score (nSPS) is 11.1. The van der Waals surface area contributed by atoms with Crippen LogP contribution in [-0.2, 0) is 17.8 Å². The average molecular weight is 563 g/mol. The molecular formula is C25H34IN5O2. The molecule has 0 fully saturated rings. The Labute approximate surface area is 213 Å². The lowest BCUT2D eigenvalue weighted by Gasteiger charge is -2.16. The molecule has 0 aliphatic carbocycles. The molecule has 0 atom stereocenters. The first kappa shape index (κ1) is 26.7. The monoisotopic (exact) mass is 563 g/mol. The zero-order valence-corrected chi connectivity index (χ0v) is 22.1. The van der Waals surface area contributed by atoms with Crippen LogP contribution in [0, 0.1) is 13.8 Å². The van der Waals surface area contributed by atoms with Gasteiger partial charge in [-0.3, -0.25) is 4.99 Å². The predicted molar refractivity (Wildman–Crippen MR) is 144 cm³/mol. The average Bonchev–Trinajstić information content (AvgIpc) is 3.24. The van der Waals surface area contributed by atoms with Crippen LogP contribution >= 0.6 is 24.0 Å². The standard InChI is InChI=1S/C25H33N5O2.HI/c1-5-31-14-15-32-24-16-19(2)10-11-22(24)18-28-25(26-4)27-17-21-8-6-7-9-23(21)30-13-12-20(3)29-30;/h6-13,16H,5,14-15,17-18H2,1-4H3,(H2,26,27,28);1H. The minimum absolute atomic E-state index is 0. The van der Waals surface area contributed by atoms with Gasteiger partial charge in [0.15, 0.2) is 5.96 Å². The molecule has 0 aliphatic rings. The quantitative estimate of drug-likeness (QED) is 0.166. The van der Waals surface area contributed by atoms with Gasteiger partial charge in [-0.05, 0) is 50.1 Å². The number of guanidine groups is 1. The van der Waals surface area contributed by atoms with E-state index in [1.807, 2.05) is 42.9 Å². The van der Waals surface area contributed by atoms with E-state index in [0.29, 0.717) is 32.9 Å². The molecule has 3 rings (SSSR count). The van der Waals surface area contributed by atoms with Gasteiger partial charge < -0.3 is 20.1 Å². The minimum atomic E-state index is 0. The Balaban J connectivity index is 0.00000385. The van der Waals surface area contributed by atoms with Gasteiger partial charge in [0.05, 0.1) is 18.0 Å². The molecule has 2 N–H and O–H groups in total. The number of hydrogen-bond acceptors (Lipinski definition) is 4. The fourth-order valence-corrected chi connectivity index (χ4v) is 3.31. The molecule has 0 radical (unpaired) electrons. The van der Waals surface area contributed by atoms with Gasteiger partial charge in [-0.25, -0.2) is 4.68 Å². The van der Waals surface area contributed by atoms with Crippen molar-refractivity contribution >= 4 is 29.9 Å². The first-order chi connectivity index (χ1) is 15.6. The van der Waals surface area contributed by atoms with Gasteiger partial charge in [0, 0.05) is 38.5 Å². The Hall–Kier alpha value is -2.59. The molecule has 0 saturated carbocycles. The maximum absolute atomic E-state index is 5.95. The summed E-state index contributed by atoms with van der Waals surface area (Å²) in [7, 11) is 1.77. The highest BCUT2D eigenvalue weighted by molar-refractivity contribution is 14.0. The summed E-state index contributed by atoms with van der Waals surface area (Å²) in [5.74, 6) is 1.59. The Morgan fingerprint density at radius 3 is 2.45 bits per heavy atom. The van der Waals surface area contributed by atoms with Crippen molar-refractivity contribution in [2.45, 2.75) is 33.9 Å². The van der Waals surface area contributed by atoms with Crippen LogP contribution in [0.3, 0.4) is 0 Å². The summed E-state index contributed by atoms with van der Waals surface area (Å²) in [5, 5.41) is 11.3. The van der Waals surface area contributed by atoms with Gasteiger partial charge >= 0.3 is 0 Å². The summed E-state index contributed by atoms with van der Waals surface area (Å²) in [5.41, 5.74) is 5.40. The van der Waals surface area contributed by atoms with Gasteiger partial charge in [0.25, 0.3) is 0 Å². The van der Waals surface area contributed by atoms with Crippen LogP contribution in [-0.4, -0.2) is 42.6 Å². The molecule has 0 saturated heterocycles. The van der Waals surface area contributed by atoms with Crippen molar-refractivity contribution < 1.29 is 9.47 Å². The smallest absolute Gasteiger partial charge is 0.191 e. The third-order valence-electron chi connectivity index (χ3n) is 4.99. The minimum Gasteiger partial charge on any atom is -0.491 e. The molecule has 1 aromatic heterocycles. The molecule has 178 valence electrons.